The molecule has 2 rings (SSSR count). The summed E-state index contributed by atoms with van der Waals surface area (Å²) >= 11 is 0. The highest BCUT2D eigenvalue weighted by Crippen LogP contribution is 2.31. The first kappa shape index (κ1) is 13.8. The standard InChI is InChI=1S/C14H27N3O/c1-14(7-5-8-15-11-14)13(18)17-9-4-6-12(17)10-16(2)3/h12,15H,4-11H2,1-3H3. The van der Waals surface area contributed by atoms with Gasteiger partial charge < -0.3 is 15.1 Å². The van der Waals surface area contributed by atoms with Gasteiger partial charge in [0.25, 0.3) is 0 Å². The van der Waals surface area contributed by atoms with Crippen LogP contribution in [0.4, 0.5) is 0 Å². The fraction of sp³-hybridized carbons (Fsp3) is 0.929. The van der Waals surface area contributed by atoms with Crippen LogP contribution in [0.25, 0.3) is 0 Å². The molecular formula is C14H27N3O. The Labute approximate surface area is 111 Å². The summed E-state index contributed by atoms with van der Waals surface area (Å²) in [5, 5.41) is 3.38. The van der Waals surface area contributed by atoms with Crippen molar-refractivity contribution in [3.63, 3.8) is 0 Å². The third-order valence-corrected chi connectivity index (χ3v) is 4.33. The molecule has 18 heavy (non-hydrogen) atoms. The molecule has 2 unspecified atom stereocenters. The highest BCUT2D eigenvalue weighted by Gasteiger charge is 2.41. The molecule has 0 saturated carbocycles. The smallest absolute Gasteiger partial charge is 0.230 e. The lowest BCUT2D eigenvalue weighted by Gasteiger charge is -2.38. The van der Waals surface area contributed by atoms with Gasteiger partial charge in [0.1, 0.15) is 0 Å². The van der Waals surface area contributed by atoms with Crippen molar-refractivity contribution >= 4 is 5.91 Å². The molecule has 2 atom stereocenters. The first-order chi connectivity index (χ1) is 8.53. The summed E-state index contributed by atoms with van der Waals surface area (Å²) in [6.45, 7) is 5.98. The molecule has 4 nitrogen and oxygen atoms in total. The second kappa shape index (κ2) is 5.57. The Morgan fingerprint density at radius 2 is 2.22 bits per heavy atom. The monoisotopic (exact) mass is 253 g/mol. The van der Waals surface area contributed by atoms with Gasteiger partial charge in [0.2, 0.25) is 5.91 Å². The zero-order valence-electron chi connectivity index (χ0n) is 12.0. The fourth-order valence-electron chi connectivity index (χ4n) is 3.30. The van der Waals surface area contributed by atoms with E-state index in [1.165, 1.54) is 0 Å². The van der Waals surface area contributed by atoms with Gasteiger partial charge in [-0.1, -0.05) is 0 Å². The van der Waals surface area contributed by atoms with E-state index in [1.54, 1.807) is 0 Å². The minimum Gasteiger partial charge on any atom is -0.338 e. The molecule has 0 spiro atoms. The Bertz CT molecular complexity index is 297. The Hall–Kier alpha value is -0.610. The van der Waals surface area contributed by atoms with Gasteiger partial charge in [0.15, 0.2) is 0 Å². The minimum atomic E-state index is -0.173. The van der Waals surface area contributed by atoms with Crippen LogP contribution in [0.15, 0.2) is 0 Å². The number of hydrogen-bond donors (Lipinski definition) is 1. The lowest BCUT2D eigenvalue weighted by molar-refractivity contribution is -0.143. The molecule has 1 amide bonds. The van der Waals surface area contributed by atoms with Crippen LogP contribution in [0.5, 0.6) is 0 Å². The van der Waals surface area contributed by atoms with Gasteiger partial charge >= 0.3 is 0 Å². The van der Waals surface area contributed by atoms with E-state index < -0.39 is 0 Å². The maximum atomic E-state index is 12.8. The van der Waals surface area contributed by atoms with Gasteiger partial charge in [-0.3, -0.25) is 4.79 Å². The molecule has 0 radical (unpaired) electrons. The number of rotatable bonds is 3. The maximum Gasteiger partial charge on any atom is 0.230 e. The van der Waals surface area contributed by atoms with Crippen molar-refractivity contribution in [3.05, 3.63) is 0 Å². The third kappa shape index (κ3) is 2.86. The molecule has 0 bridgehead atoms. The zero-order chi connectivity index (χ0) is 13.2. The van der Waals surface area contributed by atoms with Crippen molar-refractivity contribution in [3.8, 4) is 0 Å². The number of carbonyl (C=O) groups excluding carboxylic acids is 1. The second-order valence-corrected chi connectivity index (χ2v) is 6.40. The summed E-state index contributed by atoms with van der Waals surface area (Å²) in [4.78, 5) is 17.1. The van der Waals surface area contributed by atoms with Gasteiger partial charge in [0, 0.05) is 25.7 Å². The zero-order valence-corrected chi connectivity index (χ0v) is 12.0. The van der Waals surface area contributed by atoms with E-state index in [0.29, 0.717) is 11.9 Å². The number of hydrogen-bond acceptors (Lipinski definition) is 3. The van der Waals surface area contributed by atoms with Crippen LogP contribution in [0.2, 0.25) is 0 Å². The lowest BCUT2D eigenvalue weighted by Crippen LogP contribution is -2.53. The minimum absolute atomic E-state index is 0.173. The van der Waals surface area contributed by atoms with Crippen LogP contribution in [0.1, 0.15) is 32.6 Å². The highest BCUT2D eigenvalue weighted by molar-refractivity contribution is 5.83. The van der Waals surface area contributed by atoms with Crippen LogP contribution >= 0.6 is 0 Å². The Morgan fingerprint density at radius 3 is 2.83 bits per heavy atom. The average Bonchev–Trinajstić information content (AvgIpc) is 2.76. The molecule has 2 aliphatic rings. The van der Waals surface area contributed by atoms with E-state index in [4.69, 9.17) is 0 Å². The summed E-state index contributed by atoms with van der Waals surface area (Å²) in [5.74, 6) is 0.374. The number of piperidine rings is 1. The average molecular weight is 253 g/mol. The van der Waals surface area contributed by atoms with Crippen LogP contribution < -0.4 is 5.32 Å². The quantitative estimate of drug-likeness (QED) is 0.813. The van der Waals surface area contributed by atoms with E-state index in [2.05, 4.69) is 36.1 Å². The summed E-state index contributed by atoms with van der Waals surface area (Å²) in [5.41, 5.74) is -0.173. The van der Waals surface area contributed by atoms with Crippen LogP contribution in [0.3, 0.4) is 0 Å². The van der Waals surface area contributed by atoms with Gasteiger partial charge in [0.05, 0.1) is 5.41 Å². The first-order valence-corrected chi connectivity index (χ1v) is 7.19. The number of nitrogens with one attached hydrogen (secondary N) is 1. The second-order valence-electron chi connectivity index (χ2n) is 6.40. The summed E-state index contributed by atoms with van der Waals surface area (Å²) < 4.78 is 0. The Morgan fingerprint density at radius 1 is 1.44 bits per heavy atom. The highest BCUT2D eigenvalue weighted by atomic mass is 16.2. The van der Waals surface area contributed by atoms with E-state index in [0.717, 1.165) is 51.9 Å². The van der Waals surface area contributed by atoms with Crippen molar-refractivity contribution in [2.24, 2.45) is 5.41 Å². The van der Waals surface area contributed by atoms with E-state index in [9.17, 15) is 4.79 Å². The van der Waals surface area contributed by atoms with Gasteiger partial charge in [-0.15, -0.1) is 0 Å². The van der Waals surface area contributed by atoms with Crippen molar-refractivity contribution < 1.29 is 4.79 Å². The van der Waals surface area contributed by atoms with Crippen LogP contribution in [-0.2, 0) is 4.79 Å². The number of carbonyl (C=O) groups is 1. The van der Waals surface area contributed by atoms with E-state index in [-0.39, 0.29) is 5.41 Å². The summed E-state index contributed by atoms with van der Waals surface area (Å²) in [6, 6.07) is 0.422. The number of nitrogens with zero attached hydrogens (tertiary/aromatic N) is 2. The predicted molar refractivity (Wildman–Crippen MR) is 73.5 cm³/mol. The molecule has 2 heterocycles. The van der Waals surface area contributed by atoms with Gasteiger partial charge in [-0.2, -0.15) is 0 Å². The van der Waals surface area contributed by atoms with E-state index in [1.807, 2.05) is 0 Å². The summed E-state index contributed by atoms with van der Waals surface area (Å²) in [6.07, 6.45) is 4.47. The molecule has 0 aromatic carbocycles. The van der Waals surface area contributed by atoms with Crippen molar-refractivity contribution in [2.75, 3.05) is 40.3 Å². The molecule has 2 fully saturated rings. The molecular weight excluding hydrogens is 226 g/mol. The summed E-state index contributed by atoms with van der Waals surface area (Å²) in [7, 11) is 4.18. The molecule has 1 N–H and O–H groups in total. The fourth-order valence-corrected chi connectivity index (χ4v) is 3.30. The van der Waals surface area contributed by atoms with Crippen molar-refractivity contribution in [2.45, 2.75) is 38.6 Å². The normalized spacial score (nSPS) is 33.1. The molecule has 4 heteroatoms. The van der Waals surface area contributed by atoms with Crippen molar-refractivity contribution in [1.29, 1.82) is 0 Å². The third-order valence-electron chi connectivity index (χ3n) is 4.33. The Balaban J connectivity index is 2.02. The van der Waals surface area contributed by atoms with Crippen LogP contribution in [-0.4, -0.2) is 62.0 Å². The van der Waals surface area contributed by atoms with Gasteiger partial charge in [-0.05, 0) is 53.2 Å². The topological polar surface area (TPSA) is 35.6 Å². The van der Waals surface area contributed by atoms with Crippen molar-refractivity contribution in [1.82, 2.24) is 15.1 Å². The van der Waals surface area contributed by atoms with Crippen LogP contribution in [0, 0.1) is 5.41 Å². The number of likely N-dealkylation sites (tertiary alicyclic amines) is 1. The first-order valence-electron chi connectivity index (χ1n) is 7.19. The molecule has 104 valence electrons. The van der Waals surface area contributed by atoms with E-state index >= 15 is 0 Å². The molecule has 0 aromatic rings. The predicted octanol–water partition coefficient (Wildman–Crippen LogP) is 0.929. The Kier molecular flexibility index (Phi) is 4.28. The molecule has 0 aliphatic carbocycles. The SMILES string of the molecule is CN(C)CC1CCCN1C(=O)C1(C)CCCNC1. The molecule has 2 saturated heterocycles. The number of likely N-dealkylation sites (N-methyl/N-ethyl adjacent to an activating group) is 1. The number of amides is 1. The van der Waals surface area contributed by atoms with Gasteiger partial charge in [-0.25, -0.2) is 0 Å². The molecule has 2 aliphatic heterocycles. The molecule has 0 aromatic heterocycles. The lowest BCUT2D eigenvalue weighted by atomic mass is 9.81. The maximum absolute atomic E-state index is 12.8. The largest absolute Gasteiger partial charge is 0.338 e.